The van der Waals surface area contributed by atoms with Crippen LogP contribution in [0.25, 0.3) is 0 Å². The van der Waals surface area contributed by atoms with E-state index in [2.05, 4.69) is 21.4 Å². The number of aryl methyl sites for hydroxylation is 3. The molecule has 0 radical (unpaired) electrons. The normalized spacial score (nSPS) is 15.6. The van der Waals surface area contributed by atoms with Gasteiger partial charge in [-0.15, -0.1) is 11.3 Å². The highest BCUT2D eigenvalue weighted by Gasteiger charge is 2.22. The summed E-state index contributed by atoms with van der Waals surface area (Å²) in [6.45, 7) is 2.03. The molecule has 2 aromatic heterocycles. The van der Waals surface area contributed by atoms with Crippen molar-refractivity contribution in [3.05, 3.63) is 33.0 Å². The number of anilines is 1. The van der Waals surface area contributed by atoms with Crippen LogP contribution in [0.15, 0.2) is 5.16 Å². The molecule has 27 heavy (non-hydrogen) atoms. The molecule has 2 heterocycles. The molecule has 0 saturated heterocycles. The number of thioether (sulfide) groups is 1. The van der Waals surface area contributed by atoms with Crippen LogP contribution in [0, 0.1) is 18.3 Å². The van der Waals surface area contributed by atoms with Crippen LogP contribution in [-0.2, 0) is 30.5 Å². The highest BCUT2D eigenvalue weighted by Crippen LogP contribution is 2.37. The molecule has 2 aliphatic carbocycles. The average molecular weight is 399 g/mol. The molecule has 1 N–H and O–H groups in total. The van der Waals surface area contributed by atoms with Crippen LogP contribution < -0.4 is 5.32 Å². The molecule has 140 valence electrons. The molecule has 1 amide bonds. The largest absolute Gasteiger partial charge is 0.316 e. The van der Waals surface area contributed by atoms with Crippen LogP contribution in [-0.4, -0.2) is 21.6 Å². The molecule has 0 bridgehead atoms. The van der Waals surface area contributed by atoms with Gasteiger partial charge in [-0.05, 0) is 69.4 Å². The molecule has 7 heteroatoms. The number of carbonyl (C=O) groups is 1. The first-order valence-electron chi connectivity index (χ1n) is 9.49. The van der Waals surface area contributed by atoms with Gasteiger partial charge in [-0.25, -0.2) is 9.97 Å². The number of aromatic nitrogens is 2. The summed E-state index contributed by atoms with van der Waals surface area (Å²) in [6.07, 6.45) is 8.69. The fourth-order valence-electron chi connectivity index (χ4n) is 3.88. The van der Waals surface area contributed by atoms with Crippen LogP contribution in [0.3, 0.4) is 0 Å². The van der Waals surface area contributed by atoms with E-state index in [0.29, 0.717) is 15.7 Å². The summed E-state index contributed by atoms with van der Waals surface area (Å²) in [4.78, 5) is 22.9. The Morgan fingerprint density at radius 1 is 1.15 bits per heavy atom. The SMILES string of the molecule is Cc1nc(SCC(=O)Nc2sc3c(c2C#N)CCCC3)nc2c1CCCC2. The lowest BCUT2D eigenvalue weighted by Crippen LogP contribution is -2.15. The van der Waals surface area contributed by atoms with Crippen molar-refractivity contribution in [1.29, 1.82) is 5.26 Å². The van der Waals surface area contributed by atoms with E-state index in [0.717, 1.165) is 55.5 Å². The van der Waals surface area contributed by atoms with Gasteiger partial charge in [0, 0.05) is 16.3 Å². The van der Waals surface area contributed by atoms with Crippen molar-refractivity contribution in [2.24, 2.45) is 0 Å². The maximum atomic E-state index is 12.5. The Labute approximate surface area is 167 Å². The molecular weight excluding hydrogens is 376 g/mol. The molecule has 0 atom stereocenters. The Balaban J connectivity index is 1.43. The van der Waals surface area contributed by atoms with Crippen molar-refractivity contribution in [2.45, 2.75) is 63.4 Å². The summed E-state index contributed by atoms with van der Waals surface area (Å²) in [5.74, 6) is 0.153. The van der Waals surface area contributed by atoms with Gasteiger partial charge in [0.15, 0.2) is 5.16 Å². The smallest absolute Gasteiger partial charge is 0.235 e. The van der Waals surface area contributed by atoms with Crippen molar-refractivity contribution in [3.63, 3.8) is 0 Å². The van der Waals surface area contributed by atoms with Gasteiger partial charge in [-0.1, -0.05) is 11.8 Å². The van der Waals surface area contributed by atoms with Gasteiger partial charge >= 0.3 is 0 Å². The molecule has 2 aliphatic rings. The van der Waals surface area contributed by atoms with Gasteiger partial charge in [0.25, 0.3) is 0 Å². The topological polar surface area (TPSA) is 78.7 Å². The maximum absolute atomic E-state index is 12.5. The number of nitrogens with zero attached hydrogens (tertiary/aromatic N) is 3. The van der Waals surface area contributed by atoms with Crippen molar-refractivity contribution in [2.75, 3.05) is 11.1 Å². The molecule has 4 rings (SSSR count). The van der Waals surface area contributed by atoms with E-state index < -0.39 is 0 Å². The summed E-state index contributed by atoms with van der Waals surface area (Å²) in [7, 11) is 0. The fraction of sp³-hybridized carbons (Fsp3) is 0.500. The lowest BCUT2D eigenvalue weighted by Gasteiger charge is -2.17. The Morgan fingerprint density at radius 3 is 2.70 bits per heavy atom. The highest BCUT2D eigenvalue weighted by atomic mass is 32.2. The molecule has 0 aromatic carbocycles. The van der Waals surface area contributed by atoms with Crippen molar-refractivity contribution in [3.8, 4) is 6.07 Å². The van der Waals surface area contributed by atoms with E-state index in [1.54, 1.807) is 11.3 Å². The van der Waals surface area contributed by atoms with Crippen LogP contribution in [0.4, 0.5) is 5.00 Å². The second kappa shape index (κ2) is 7.99. The molecule has 0 fully saturated rings. The maximum Gasteiger partial charge on any atom is 0.235 e. The summed E-state index contributed by atoms with van der Waals surface area (Å²) >= 11 is 2.93. The van der Waals surface area contributed by atoms with Crippen LogP contribution in [0.5, 0.6) is 0 Å². The van der Waals surface area contributed by atoms with Gasteiger partial charge in [0.05, 0.1) is 11.3 Å². The average Bonchev–Trinajstić information content (AvgIpc) is 3.03. The Kier molecular flexibility index (Phi) is 5.46. The fourth-order valence-corrected chi connectivity index (χ4v) is 5.85. The van der Waals surface area contributed by atoms with Crippen molar-refractivity contribution >= 4 is 34.0 Å². The number of nitrogens with one attached hydrogen (secondary N) is 1. The number of rotatable bonds is 4. The summed E-state index contributed by atoms with van der Waals surface area (Å²) < 4.78 is 0. The zero-order chi connectivity index (χ0) is 18.8. The number of amides is 1. The first kappa shape index (κ1) is 18.5. The van der Waals surface area contributed by atoms with Gasteiger partial charge in [-0.3, -0.25) is 4.79 Å². The third-order valence-corrected chi connectivity index (χ3v) is 7.29. The minimum atomic E-state index is -0.103. The van der Waals surface area contributed by atoms with Gasteiger partial charge < -0.3 is 5.32 Å². The first-order valence-corrected chi connectivity index (χ1v) is 11.3. The minimum Gasteiger partial charge on any atom is -0.316 e. The van der Waals surface area contributed by atoms with Crippen molar-refractivity contribution < 1.29 is 4.79 Å². The number of hydrogen-bond acceptors (Lipinski definition) is 6. The number of thiophene rings is 1. The van der Waals surface area contributed by atoms with E-state index in [-0.39, 0.29) is 11.7 Å². The Hall–Kier alpha value is -1.91. The number of hydrogen-bond donors (Lipinski definition) is 1. The zero-order valence-corrected chi connectivity index (χ0v) is 17.1. The van der Waals surface area contributed by atoms with Gasteiger partial charge in [0.1, 0.15) is 11.1 Å². The quantitative estimate of drug-likeness (QED) is 0.617. The third-order valence-electron chi connectivity index (χ3n) is 5.24. The zero-order valence-electron chi connectivity index (χ0n) is 15.4. The van der Waals surface area contributed by atoms with Crippen molar-refractivity contribution in [1.82, 2.24) is 9.97 Å². The molecular formula is C20H22N4OS2. The van der Waals surface area contributed by atoms with Crippen LogP contribution >= 0.6 is 23.1 Å². The minimum absolute atomic E-state index is 0.103. The van der Waals surface area contributed by atoms with E-state index in [1.165, 1.54) is 35.0 Å². The van der Waals surface area contributed by atoms with Crippen LogP contribution in [0.2, 0.25) is 0 Å². The Bertz CT molecular complexity index is 929. The van der Waals surface area contributed by atoms with E-state index in [9.17, 15) is 10.1 Å². The third kappa shape index (κ3) is 3.87. The predicted molar refractivity (Wildman–Crippen MR) is 108 cm³/mol. The number of fused-ring (bicyclic) bond motifs is 2. The molecule has 5 nitrogen and oxygen atoms in total. The van der Waals surface area contributed by atoms with Gasteiger partial charge in [-0.2, -0.15) is 5.26 Å². The predicted octanol–water partition coefficient (Wildman–Crippen LogP) is 4.21. The second-order valence-corrected chi connectivity index (χ2v) is 9.14. The number of nitriles is 1. The monoisotopic (exact) mass is 398 g/mol. The molecule has 0 unspecified atom stereocenters. The lowest BCUT2D eigenvalue weighted by molar-refractivity contribution is -0.113. The summed E-state index contributed by atoms with van der Waals surface area (Å²) in [6, 6.07) is 2.29. The summed E-state index contributed by atoms with van der Waals surface area (Å²) in [5.41, 5.74) is 5.28. The van der Waals surface area contributed by atoms with E-state index >= 15 is 0 Å². The Morgan fingerprint density at radius 2 is 1.89 bits per heavy atom. The summed E-state index contributed by atoms with van der Waals surface area (Å²) in [5, 5.41) is 13.8. The first-order chi connectivity index (χ1) is 13.2. The molecule has 0 saturated carbocycles. The van der Waals surface area contributed by atoms with E-state index in [1.807, 2.05) is 6.92 Å². The lowest BCUT2D eigenvalue weighted by atomic mass is 9.95. The number of carbonyl (C=O) groups excluding carboxylic acids is 1. The van der Waals surface area contributed by atoms with Crippen LogP contribution in [0.1, 0.15) is 58.6 Å². The second-order valence-electron chi connectivity index (χ2n) is 7.09. The van der Waals surface area contributed by atoms with Gasteiger partial charge in [0.2, 0.25) is 5.91 Å². The standard InChI is InChI=1S/C20H22N4OS2/c1-12-13-6-2-4-8-16(13)23-20(22-12)26-11-18(25)24-19-15(10-21)14-7-3-5-9-17(14)27-19/h2-9,11H2,1H3,(H,24,25). The molecule has 2 aromatic rings. The molecule has 0 aliphatic heterocycles. The highest BCUT2D eigenvalue weighted by molar-refractivity contribution is 7.99. The van der Waals surface area contributed by atoms with E-state index in [4.69, 9.17) is 0 Å². The molecule has 0 spiro atoms.